The van der Waals surface area contributed by atoms with Gasteiger partial charge in [-0.1, -0.05) is 67.8 Å². The molecule has 2 aromatic carbocycles. The molecule has 2 aromatic heterocycles. The van der Waals surface area contributed by atoms with Gasteiger partial charge in [0.05, 0.1) is 22.4 Å². The lowest BCUT2D eigenvalue weighted by molar-refractivity contribution is 0.0933. The van der Waals surface area contributed by atoms with Crippen LogP contribution in [-0.4, -0.2) is 15.7 Å². The van der Waals surface area contributed by atoms with Crippen molar-refractivity contribution in [3.05, 3.63) is 104 Å². The summed E-state index contributed by atoms with van der Waals surface area (Å²) in [6.07, 6.45) is 9.30. The van der Waals surface area contributed by atoms with Gasteiger partial charge in [0.2, 0.25) is 0 Å². The van der Waals surface area contributed by atoms with Crippen LogP contribution in [0.2, 0.25) is 5.02 Å². The lowest BCUT2D eigenvalue weighted by Crippen LogP contribution is -2.28. The molecule has 0 saturated carbocycles. The zero-order valence-electron chi connectivity index (χ0n) is 22.0. The first kappa shape index (κ1) is 26.5. The molecule has 1 atom stereocenters. The molecule has 0 aliphatic heterocycles. The number of nitrogens with one attached hydrogen (secondary N) is 1. The van der Waals surface area contributed by atoms with E-state index in [9.17, 15) is 4.79 Å². The van der Waals surface area contributed by atoms with Crippen LogP contribution < -0.4 is 5.32 Å². The van der Waals surface area contributed by atoms with E-state index in [2.05, 4.69) is 47.3 Å². The quantitative estimate of drug-likeness (QED) is 0.253. The molecule has 196 valence electrons. The van der Waals surface area contributed by atoms with E-state index < -0.39 is 0 Å². The molecule has 6 heteroatoms. The molecule has 5 rings (SSSR count). The van der Waals surface area contributed by atoms with Crippen LogP contribution in [-0.2, 0) is 12.8 Å². The average molecular weight is 544 g/mol. The SMILES string of the molecule is CCCc1ccc(-n2nc(C(=O)N[C@H](C)c3ccccc3)c3c2/C(=C/c2ccsc2)CCCCC3)c(Cl)c1. The van der Waals surface area contributed by atoms with Crippen molar-refractivity contribution in [2.45, 2.75) is 64.8 Å². The van der Waals surface area contributed by atoms with E-state index in [1.54, 1.807) is 11.3 Å². The summed E-state index contributed by atoms with van der Waals surface area (Å²) in [7, 11) is 0. The minimum absolute atomic E-state index is 0.129. The van der Waals surface area contributed by atoms with Gasteiger partial charge in [-0.05, 0) is 96.3 Å². The van der Waals surface area contributed by atoms with E-state index in [4.69, 9.17) is 16.7 Å². The minimum atomic E-state index is -0.148. The standard InChI is InChI=1S/C32H34ClN3OS/c1-3-10-23-15-16-29(28(33)20-23)36-31-26(19-24-17-18-38-21-24)13-8-5-9-14-27(31)30(35-36)32(37)34-22(2)25-11-6-4-7-12-25/h4,6-7,11-12,15-22H,3,5,8-10,13-14H2,1-2H3,(H,34,37)/b26-19+/t22-/m1/s1. The maximum absolute atomic E-state index is 13.8. The highest BCUT2D eigenvalue weighted by atomic mass is 35.5. The fourth-order valence-electron chi connectivity index (χ4n) is 5.24. The van der Waals surface area contributed by atoms with Crippen molar-refractivity contribution in [3.63, 3.8) is 0 Å². The smallest absolute Gasteiger partial charge is 0.272 e. The van der Waals surface area contributed by atoms with Crippen LogP contribution in [0.1, 0.15) is 90.4 Å². The maximum Gasteiger partial charge on any atom is 0.272 e. The molecule has 1 amide bonds. The number of carbonyl (C=O) groups excluding carboxylic acids is 1. The van der Waals surface area contributed by atoms with Gasteiger partial charge >= 0.3 is 0 Å². The Bertz CT molecular complexity index is 1420. The summed E-state index contributed by atoms with van der Waals surface area (Å²) in [6, 6.07) is 18.3. The molecular weight excluding hydrogens is 510 g/mol. The molecule has 2 heterocycles. The number of allylic oxidation sites excluding steroid dienone is 1. The summed E-state index contributed by atoms with van der Waals surface area (Å²) in [5, 5.41) is 13.1. The molecule has 4 aromatic rings. The largest absolute Gasteiger partial charge is 0.344 e. The Kier molecular flexibility index (Phi) is 8.45. The van der Waals surface area contributed by atoms with E-state index in [0.29, 0.717) is 10.7 Å². The van der Waals surface area contributed by atoms with E-state index in [0.717, 1.165) is 67.5 Å². The number of carbonyl (C=O) groups is 1. The van der Waals surface area contributed by atoms with E-state index in [1.165, 1.54) is 16.7 Å². The molecule has 0 fully saturated rings. The number of halogens is 1. The Morgan fingerprint density at radius 3 is 2.68 bits per heavy atom. The maximum atomic E-state index is 13.8. The molecule has 0 spiro atoms. The normalized spacial score (nSPS) is 15.5. The minimum Gasteiger partial charge on any atom is -0.344 e. The fraction of sp³-hybridized carbons (Fsp3) is 0.312. The molecule has 0 bridgehead atoms. The molecule has 0 unspecified atom stereocenters. The number of hydrogen-bond donors (Lipinski definition) is 1. The molecule has 1 N–H and O–H groups in total. The van der Waals surface area contributed by atoms with E-state index in [-0.39, 0.29) is 11.9 Å². The van der Waals surface area contributed by atoms with Gasteiger partial charge in [0.1, 0.15) is 0 Å². The van der Waals surface area contributed by atoms with Crippen LogP contribution >= 0.6 is 22.9 Å². The summed E-state index contributed by atoms with van der Waals surface area (Å²) in [4.78, 5) is 13.8. The number of aromatic nitrogens is 2. The van der Waals surface area contributed by atoms with Gasteiger partial charge in [-0.15, -0.1) is 0 Å². The molecule has 1 aliphatic rings. The first-order valence-electron chi connectivity index (χ1n) is 13.5. The van der Waals surface area contributed by atoms with Gasteiger partial charge in [-0.25, -0.2) is 4.68 Å². The van der Waals surface area contributed by atoms with Gasteiger partial charge in [0.25, 0.3) is 5.91 Å². The number of hydrogen-bond acceptors (Lipinski definition) is 3. The van der Waals surface area contributed by atoms with Gasteiger partial charge < -0.3 is 5.32 Å². The number of rotatable bonds is 7. The number of benzene rings is 2. The topological polar surface area (TPSA) is 46.9 Å². The van der Waals surface area contributed by atoms with Crippen molar-refractivity contribution in [3.8, 4) is 5.69 Å². The summed E-state index contributed by atoms with van der Waals surface area (Å²) in [5.74, 6) is -0.148. The predicted molar refractivity (Wildman–Crippen MR) is 159 cm³/mol. The van der Waals surface area contributed by atoms with Crippen LogP contribution in [0.25, 0.3) is 17.3 Å². The zero-order valence-corrected chi connectivity index (χ0v) is 23.6. The second kappa shape index (κ2) is 12.1. The highest BCUT2D eigenvalue weighted by molar-refractivity contribution is 7.08. The van der Waals surface area contributed by atoms with Crippen molar-refractivity contribution in [1.29, 1.82) is 0 Å². The first-order chi connectivity index (χ1) is 18.5. The average Bonchev–Trinajstić information content (AvgIpc) is 3.55. The van der Waals surface area contributed by atoms with E-state index >= 15 is 0 Å². The van der Waals surface area contributed by atoms with Crippen molar-refractivity contribution in [1.82, 2.24) is 15.1 Å². The lowest BCUT2D eigenvalue weighted by Gasteiger charge is -2.18. The Morgan fingerprint density at radius 1 is 1.13 bits per heavy atom. The highest BCUT2D eigenvalue weighted by Crippen LogP contribution is 2.36. The van der Waals surface area contributed by atoms with Crippen LogP contribution in [0.5, 0.6) is 0 Å². The summed E-state index contributed by atoms with van der Waals surface area (Å²) < 4.78 is 1.93. The van der Waals surface area contributed by atoms with Crippen LogP contribution in [0, 0.1) is 0 Å². The number of thiophene rings is 1. The highest BCUT2D eigenvalue weighted by Gasteiger charge is 2.28. The molecular formula is C32H34ClN3OS. The van der Waals surface area contributed by atoms with Gasteiger partial charge in [0.15, 0.2) is 5.69 Å². The predicted octanol–water partition coefficient (Wildman–Crippen LogP) is 8.69. The third-order valence-electron chi connectivity index (χ3n) is 7.19. The Hall–Kier alpha value is -3.15. The molecule has 0 saturated heterocycles. The van der Waals surface area contributed by atoms with Crippen molar-refractivity contribution >= 4 is 40.5 Å². The molecule has 0 radical (unpaired) electrons. The monoisotopic (exact) mass is 543 g/mol. The number of nitrogens with zero attached hydrogens (tertiary/aromatic N) is 2. The third-order valence-corrected chi connectivity index (χ3v) is 8.19. The van der Waals surface area contributed by atoms with E-state index in [1.807, 2.05) is 48.0 Å². The number of fused-ring (bicyclic) bond motifs is 1. The number of amides is 1. The van der Waals surface area contributed by atoms with Gasteiger partial charge in [-0.3, -0.25) is 4.79 Å². The third kappa shape index (κ3) is 5.79. The van der Waals surface area contributed by atoms with Crippen molar-refractivity contribution in [2.24, 2.45) is 0 Å². The van der Waals surface area contributed by atoms with Crippen LogP contribution in [0.3, 0.4) is 0 Å². The Morgan fingerprint density at radius 2 is 1.95 bits per heavy atom. The fourth-order valence-corrected chi connectivity index (χ4v) is 6.14. The second-order valence-electron chi connectivity index (χ2n) is 10.0. The van der Waals surface area contributed by atoms with Crippen LogP contribution in [0.15, 0.2) is 65.4 Å². The summed E-state index contributed by atoms with van der Waals surface area (Å²) in [6.45, 7) is 4.18. The zero-order chi connectivity index (χ0) is 26.5. The Balaban J connectivity index is 1.64. The van der Waals surface area contributed by atoms with Crippen molar-refractivity contribution in [2.75, 3.05) is 0 Å². The first-order valence-corrected chi connectivity index (χ1v) is 14.9. The number of aryl methyl sites for hydroxylation is 1. The Labute approximate surface area is 234 Å². The molecule has 38 heavy (non-hydrogen) atoms. The summed E-state index contributed by atoms with van der Waals surface area (Å²) in [5.41, 5.74) is 7.99. The summed E-state index contributed by atoms with van der Waals surface area (Å²) >= 11 is 8.57. The van der Waals surface area contributed by atoms with Gasteiger partial charge in [0, 0.05) is 5.56 Å². The lowest BCUT2D eigenvalue weighted by atomic mass is 9.91. The second-order valence-corrected chi connectivity index (χ2v) is 11.2. The van der Waals surface area contributed by atoms with Gasteiger partial charge in [-0.2, -0.15) is 16.4 Å². The van der Waals surface area contributed by atoms with Crippen molar-refractivity contribution < 1.29 is 4.79 Å². The molecule has 4 nitrogen and oxygen atoms in total. The molecule has 1 aliphatic carbocycles. The van der Waals surface area contributed by atoms with Crippen LogP contribution in [0.4, 0.5) is 0 Å².